The fraction of sp³-hybridized carbons (Fsp3) is 0.111. The molecule has 0 spiro atoms. The van der Waals surface area contributed by atoms with E-state index in [9.17, 15) is 0 Å². The first-order valence-electron chi connectivity index (χ1n) is 3.70. The zero-order valence-corrected chi connectivity index (χ0v) is 10.5. The van der Waals surface area contributed by atoms with Gasteiger partial charge in [-0.05, 0) is 37.4 Å². The van der Waals surface area contributed by atoms with Crippen molar-refractivity contribution in [2.45, 2.75) is 6.61 Å². The van der Waals surface area contributed by atoms with Gasteiger partial charge in [0, 0.05) is 10.1 Å². The summed E-state index contributed by atoms with van der Waals surface area (Å²) in [5.41, 5.74) is 0.980. The van der Waals surface area contributed by atoms with E-state index in [0.29, 0.717) is 0 Å². The molecule has 1 heterocycles. The second-order valence-corrected chi connectivity index (χ2v) is 5.77. The third-order valence-electron chi connectivity index (χ3n) is 1.87. The van der Waals surface area contributed by atoms with Crippen LogP contribution in [-0.2, 0) is 6.61 Å². The van der Waals surface area contributed by atoms with Gasteiger partial charge in [-0.25, -0.2) is 0 Å². The van der Waals surface area contributed by atoms with Gasteiger partial charge in [0.2, 0.25) is 0 Å². The Morgan fingerprint density at radius 1 is 1.31 bits per heavy atom. The van der Waals surface area contributed by atoms with Crippen molar-refractivity contribution < 1.29 is 5.11 Å². The molecular weight excluding hydrogens is 316 g/mol. The third-order valence-corrected chi connectivity index (χ3v) is 5.44. The van der Waals surface area contributed by atoms with Crippen molar-refractivity contribution in [2.75, 3.05) is 0 Å². The highest BCUT2D eigenvalue weighted by Crippen LogP contribution is 2.40. The van der Waals surface area contributed by atoms with Crippen molar-refractivity contribution in [1.82, 2.24) is 0 Å². The van der Waals surface area contributed by atoms with E-state index in [1.165, 1.54) is 0 Å². The number of aliphatic hydroxyl groups is 1. The molecule has 2 aromatic rings. The van der Waals surface area contributed by atoms with Crippen molar-refractivity contribution in [2.24, 2.45) is 0 Å². The van der Waals surface area contributed by atoms with Gasteiger partial charge in [-0.3, -0.25) is 0 Å². The lowest BCUT2D eigenvalue weighted by Gasteiger charge is -1.96. The molecular formula is C9H6Br2OS. The van der Waals surface area contributed by atoms with Crippen LogP contribution >= 0.6 is 43.2 Å². The number of halogens is 2. The average molecular weight is 322 g/mol. The second kappa shape index (κ2) is 3.69. The lowest BCUT2D eigenvalue weighted by molar-refractivity contribution is 0.283. The van der Waals surface area contributed by atoms with Crippen molar-refractivity contribution in [3.8, 4) is 0 Å². The molecule has 2 rings (SSSR count). The van der Waals surface area contributed by atoms with E-state index in [1.54, 1.807) is 11.3 Å². The number of hydrogen-bond acceptors (Lipinski definition) is 2. The number of thiophene rings is 1. The Morgan fingerprint density at radius 3 is 2.77 bits per heavy atom. The second-order valence-electron chi connectivity index (χ2n) is 2.64. The summed E-state index contributed by atoms with van der Waals surface area (Å²) >= 11 is 8.60. The van der Waals surface area contributed by atoms with Crippen molar-refractivity contribution in [1.29, 1.82) is 0 Å². The van der Waals surface area contributed by atoms with E-state index in [2.05, 4.69) is 31.9 Å². The summed E-state index contributed by atoms with van der Waals surface area (Å²) in [6.07, 6.45) is 0. The van der Waals surface area contributed by atoms with Crippen LogP contribution in [0.4, 0.5) is 0 Å². The maximum atomic E-state index is 9.11. The normalized spacial score (nSPS) is 11.0. The lowest BCUT2D eigenvalue weighted by atomic mass is 10.2. The van der Waals surface area contributed by atoms with Crippen molar-refractivity contribution in [3.05, 3.63) is 32.0 Å². The Kier molecular flexibility index (Phi) is 2.74. The minimum Gasteiger partial charge on any atom is -0.392 e. The number of rotatable bonds is 1. The van der Waals surface area contributed by atoms with Gasteiger partial charge >= 0.3 is 0 Å². The molecule has 0 saturated carbocycles. The fourth-order valence-electron chi connectivity index (χ4n) is 1.24. The summed E-state index contributed by atoms with van der Waals surface area (Å²) in [5.74, 6) is 0. The molecule has 13 heavy (non-hydrogen) atoms. The topological polar surface area (TPSA) is 20.2 Å². The van der Waals surface area contributed by atoms with Gasteiger partial charge in [0.15, 0.2) is 0 Å². The number of aliphatic hydroxyl groups excluding tert-OH is 1. The van der Waals surface area contributed by atoms with Gasteiger partial charge in [0.05, 0.1) is 14.9 Å². The molecule has 0 amide bonds. The molecule has 0 aliphatic heterocycles. The summed E-state index contributed by atoms with van der Waals surface area (Å²) in [6, 6.07) is 5.94. The molecule has 68 valence electrons. The summed E-state index contributed by atoms with van der Waals surface area (Å²) in [4.78, 5) is 0. The van der Waals surface area contributed by atoms with Gasteiger partial charge < -0.3 is 5.11 Å². The monoisotopic (exact) mass is 320 g/mol. The van der Waals surface area contributed by atoms with E-state index in [0.717, 1.165) is 23.9 Å². The summed E-state index contributed by atoms with van der Waals surface area (Å²) in [5, 5.41) is 10.3. The predicted molar refractivity (Wildman–Crippen MR) is 63.1 cm³/mol. The quantitative estimate of drug-likeness (QED) is 0.844. The molecule has 0 radical (unpaired) electrons. The Morgan fingerprint density at radius 2 is 2.08 bits per heavy atom. The first kappa shape index (κ1) is 9.65. The van der Waals surface area contributed by atoms with Gasteiger partial charge in [-0.15, -0.1) is 11.3 Å². The van der Waals surface area contributed by atoms with Gasteiger partial charge in [-0.2, -0.15) is 0 Å². The van der Waals surface area contributed by atoms with Crippen molar-refractivity contribution >= 4 is 53.3 Å². The van der Waals surface area contributed by atoms with E-state index in [-0.39, 0.29) is 6.61 Å². The molecule has 1 nitrogen and oxygen atoms in total. The van der Waals surface area contributed by atoms with Crippen LogP contribution in [0.1, 0.15) is 5.56 Å². The first-order chi connectivity index (χ1) is 6.24. The summed E-state index contributed by atoms with van der Waals surface area (Å²) < 4.78 is 3.29. The zero-order valence-electron chi connectivity index (χ0n) is 6.55. The van der Waals surface area contributed by atoms with Crippen LogP contribution in [-0.4, -0.2) is 5.11 Å². The van der Waals surface area contributed by atoms with E-state index in [1.807, 2.05) is 18.2 Å². The third kappa shape index (κ3) is 1.56. The Hall–Kier alpha value is 0.1000. The minimum absolute atomic E-state index is 0.0940. The smallest absolute Gasteiger partial charge is 0.0853 e. The Labute approximate surface area is 96.6 Å². The van der Waals surface area contributed by atoms with Gasteiger partial charge in [0.1, 0.15) is 0 Å². The van der Waals surface area contributed by atoms with Gasteiger partial charge in [0.25, 0.3) is 0 Å². The van der Waals surface area contributed by atoms with Crippen LogP contribution in [0.25, 0.3) is 10.1 Å². The number of hydrogen-bond donors (Lipinski definition) is 1. The Balaban J connectivity index is 2.84. The molecule has 4 heteroatoms. The zero-order chi connectivity index (χ0) is 9.42. The summed E-state index contributed by atoms with van der Waals surface area (Å²) in [7, 11) is 0. The highest BCUT2D eigenvalue weighted by atomic mass is 79.9. The van der Waals surface area contributed by atoms with Crippen LogP contribution in [0, 0.1) is 0 Å². The van der Waals surface area contributed by atoms with Crippen LogP contribution in [0.15, 0.2) is 26.5 Å². The molecule has 0 unspecified atom stereocenters. The molecule has 0 fully saturated rings. The molecule has 1 N–H and O–H groups in total. The lowest BCUT2D eigenvalue weighted by Crippen LogP contribution is -1.80. The van der Waals surface area contributed by atoms with Crippen molar-refractivity contribution in [3.63, 3.8) is 0 Å². The maximum absolute atomic E-state index is 9.11. The summed E-state index contributed by atoms with van der Waals surface area (Å²) in [6.45, 7) is 0.0940. The first-order valence-corrected chi connectivity index (χ1v) is 6.10. The van der Waals surface area contributed by atoms with Crippen LogP contribution in [0.2, 0.25) is 0 Å². The fourth-order valence-corrected chi connectivity index (χ4v) is 3.57. The van der Waals surface area contributed by atoms with E-state index in [4.69, 9.17) is 5.11 Å². The van der Waals surface area contributed by atoms with Crippen LogP contribution < -0.4 is 0 Å². The highest BCUT2D eigenvalue weighted by molar-refractivity contribution is 9.13. The SMILES string of the molecule is OCc1cccc2c(Br)c(Br)sc12. The molecule has 0 bridgehead atoms. The molecule has 1 aromatic carbocycles. The maximum Gasteiger partial charge on any atom is 0.0853 e. The van der Waals surface area contributed by atoms with E-state index >= 15 is 0 Å². The molecule has 0 saturated heterocycles. The highest BCUT2D eigenvalue weighted by Gasteiger charge is 2.09. The molecule has 1 aromatic heterocycles. The molecule has 0 aliphatic rings. The number of benzene rings is 1. The molecule has 0 aliphatic carbocycles. The van der Waals surface area contributed by atoms with Crippen LogP contribution in [0.3, 0.4) is 0 Å². The number of fused-ring (bicyclic) bond motifs is 1. The minimum atomic E-state index is 0.0940. The molecule has 0 atom stereocenters. The largest absolute Gasteiger partial charge is 0.392 e. The van der Waals surface area contributed by atoms with E-state index < -0.39 is 0 Å². The standard InChI is InChI=1S/C9H6Br2OS/c10-7-6-3-1-2-5(4-12)8(6)13-9(7)11/h1-3,12H,4H2. The Bertz CT molecular complexity index is 450. The van der Waals surface area contributed by atoms with Gasteiger partial charge in [-0.1, -0.05) is 18.2 Å². The van der Waals surface area contributed by atoms with Crippen LogP contribution in [0.5, 0.6) is 0 Å². The predicted octanol–water partition coefficient (Wildman–Crippen LogP) is 3.92. The average Bonchev–Trinajstić information content (AvgIpc) is 2.43.